The van der Waals surface area contributed by atoms with Crippen molar-refractivity contribution in [3.8, 4) is 0 Å². The lowest BCUT2D eigenvalue weighted by Crippen LogP contribution is -1.83. The fourth-order valence-corrected chi connectivity index (χ4v) is 1.05. The summed E-state index contributed by atoms with van der Waals surface area (Å²) in [7, 11) is 0. The van der Waals surface area contributed by atoms with Crippen LogP contribution in [-0.2, 0) is 0 Å². The van der Waals surface area contributed by atoms with E-state index in [1.54, 1.807) is 0 Å². The quantitative estimate of drug-likeness (QED) is 0.545. The molecule has 0 radical (unpaired) electrons. The maximum atomic E-state index is 12.7. The van der Waals surface area contributed by atoms with E-state index in [0.29, 0.717) is 5.56 Å². The van der Waals surface area contributed by atoms with E-state index in [-0.39, 0.29) is 5.02 Å². The van der Waals surface area contributed by atoms with Crippen LogP contribution in [0.2, 0.25) is 5.02 Å². The van der Waals surface area contributed by atoms with Crippen LogP contribution in [0.25, 0.3) is 6.08 Å². The molecule has 13 heavy (non-hydrogen) atoms. The molecule has 0 unspecified atom stereocenters. The van der Waals surface area contributed by atoms with Gasteiger partial charge < -0.3 is 0 Å². The number of halogens is 2. The van der Waals surface area contributed by atoms with Gasteiger partial charge in [-0.1, -0.05) is 11.6 Å². The molecule has 0 N–H and O–H groups in total. The van der Waals surface area contributed by atoms with Crippen LogP contribution in [0.4, 0.5) is 4.39 Å². The van der Waals surface area contributed by atoms with Crippen molar-refractivity contribution < 1.29 is 9.31 Å². The number of hydrogen-bond acceptors (Lipinski definition) is 2. The van der Waals surface area contributed by atoms with Crippen molar-refractivity contribution in [1.82, 2.24) is 0 Å². The van der Waals surface area contributed by atoms with Gasteiger partial charge in [-0.3, -0.25) is 10.1 Å². The zero-order chi connectivity index (χ0) is 9.84. The molecule has 1 aromatic rings. The molecule has 0 fully saturated rings. The Bertz CT molecular complexity index is 345. The Hall–Kier alpha value is -1.42. The maximum absolute atomic E-state index is 12.7. The number of nitrogens with zero attached hydrogens (tertiary/aromatic N) is 1. The zero-order valence-electron chi connectivity index (χ0n) is 6.41. The molecule has 68 valence electrons. The van der Waals surface area contributed by atoms with Crippen LogP contribution in [0.5, 0.6) is 0 Å². The van der Waals surface area contributed by atoms with Crippen molar-refractivity contribution in [2.75, 3.05) is 0 Å². The molecule has 0 atom stereocenters. The van der Waals surface area contributed by atoms with Gasteiger partial charge in [0, 0.05) is 11.1 Å². The average Bonchev–Trinajstić information content (AvgIpc) is 1.99. The summed E-state index contributed by atoms with van der Waals surface area (Å²) < 4.78 is 12.7. The van der Waals surface area contributed by atoms with Gasteiger partial charge in [0.1, 0.15) is 5.82 Å². The molecule has 1 rings (SSSR count). The van der Waals surface area contributed by atoms with Gasteiger partial charge in [-0.15, -0.1) is 0 Å². The average molecular weight is 202 g/mol. The van der Waals surface area contributed by atoms with E-state index < -0.39 is 10.7 Å². The molecule has 0 saturated carbocycles. The predicted octanol–water partition coefficient (Wildman–Crippen LogP) is 2.73. The molecule has 3 nitrogen and oxygen atoms in total. The molecular formula is C8H5ClFNO2. The van der Waals surface area contributed by atoms with Gasteiger partial charge >= 0.3 is 0 Å². The Balaban J connectivity index is 2.95. The van der Waals surface area contributed by atoms with E-state index in [4.69, 9.17) is 11.6 Å². The van der Waals surface area contributed by atoms with Crippen molar-refractivity contribution in [2.45, 2.75) is 0 Å². The van der Waals surface area contributed by atoms with Gasteiger partial charge in [-0.05, 0) is 23.8 Å². The molecule has 5 heteroatoms. The summed E-state index contributed by atoms with van der Waals surface area (Å²) in [4.78, 5) is 9.31. The molecule has 0 saturated heterocycles. The molecule has 0 aliphatic rings. The van der Waals surface area contributed by atoms with Crippen molar-refractivity contribution >= 4 is 17.7 Å². The van der Waals surface area contributed by atoms with Crippen LogP contribution in [0.1, 0.15) is 5.56 Å². The summed E-state index contributed by atoms with van der Waals surface area (Å²) in [5.74, 6) is -0.518. The second kappa shape index (κ2) is 4.00. The summed E-state index contributed by atoms with van der Waals surface area (Å²) in [6.45, 7) is 0. The first-order chi connectivity index (χ1) is 6.08. The highest BCUT2D eigenvalue weighted by Gasteiger charge is 1.97. The Labute approximate surface area is 78.6 Å². The van der Waals surface area contributed by atoms with Crippen LogP contribution in [0.3, 0.4) is 0 Å². The summed E-state index contributed by atoms with van der Waals surface area (Å²) in [5, 5.41) is 10.1. The molecule has 0 aliphatic carbocycles. The van der Waals surface area contributed by atoms with Gasteiger partial charge in [-0.25, -0.2) is 4.39 Å². The first kappa shape index (κ1) is 9.67. The maximum Gasteiger partial charge on any atom is 0.235 e. The van der Waals surface area contributed by atoms with Gasteiger partial charge in [-0.2, -0.15) is 0 Å². The van der Waals surface area contributed by atoms with E-state index in [9.17, 15) is 14.5 Å². The van der Waals surface area contributed by atoms with Crippen LogP contribution >= 0.6 is 11.6 Å². The molecule has 0 bridgehead atoms. The Morgan fingerprint density at radius 2 is 2.15 bits per heavy atom. The summed E-state index contributed by atoms with van der Waals surface area (Å²) in [5.41, 5.74) is 0.363. The van der Waals surface area contributed by atoms with Gasteiger partial charge in [0.2, 0.25) is 6.20 Å². The third kappa shape index (κ3) is 3.21. The third-order valence-electron chi connectivity index (χ3n) is 1.27. The van der Waals surface area contributed by atoms with Crippen LogP contribution in [0.15, 0.2) is 24.4 Å². The fraction of sp³-hybridized carbons (Fsp3) is 0. The van der Waals surface area contributed by atoms with E-state index in [2.05, 4.69) is 0 Å². The monoisotopic (exact) mass is 201 g/mol. The molecule has 0 heterocycles. The highest BCUT2D eigenvalue weighted by Crippen LogP contribution is 2.14. The highest BCUT2D eigenvalue weighted by molar-refractivity contribution is 6.30. The third-order valence-corrected chi connectivity index (χ3v) is 1.49. The minimum Gasteiger partial charge on any atom is -0.259 e. The SMILES string of the molecule is O=[N+]([O-])C=Cc1cc(F)cc(Cl)c1. The Morgan fingerprint density at radius 3 is 2.69 bits per heavy atom. The van der Waals surface area contributed by atoms with E-state index in [1.165, 1.54) is 12.1 Å². The van der Waals surface area contributed by atoms with E-state index >= 15 is 0 Å². The van der Waals surface area contributed by atoms with Crippen molar-refractivity contribution in [3.63, 3.8) is 0 Å². The lowest BCUT2D eigenvalue weighted by atomic mass is 10.2. The van der Waals surface area contributed by atoms with Gasteiger partial charge in [0.05, 0.1) is 4.92 Å². The molecule has 0 aromatic heterocycles. The standard InChI is InChI=1S/C8H5ClFNO2/c9-7-3-6(1-2-11(12)13)4-8(10)5-7/h1-5H. The number of benzene rings is 1. The molecule has 1 aromatic carbocycles. The lowest BCUT2D eigenvalue weighted by molar-refractivity contribution is -0.400. The van der Waals surface area contributed by atoms with E-state index in [0.717, 1.165) is 18.3 Å². The number of hydrogen-bond donors (Lipinski definition) is 0. The van der Waals surface area contributed by atoms with Gasteiger partial charge in [0.25, 0.3) is 0 Å². The first-order valence-electron chi connectivity index (χ1n) is 3.36. The predicted molar refractivity (Wildman–Crippen MR) is 47.4 cm³/mol. The number of nitro groups is 1. The zero-order valence-corrected chi connectivity index (χ0v) is 7.16. The van der Waals surface area contributed by atoms with Crippen molar-refractivity contribution in [1.29, 1.82) is 0 Å². The summed E-state index contributed by atoms with van der Waals surface area (Å²) >= 11 is 5.52. The second-order valence-electron chi connectivity index (χ2n) is 2.30. The lowest BCUT2D eigenvalue weighted by Gasteiger charge is -1.94. The molecule has 0 aliphatic heterocycles. The molecule has 0 spiro atoms. The van der Waals surface area contributed by atoms with Crippen LogP contribution in [-0.4, -0.2) is 4.92 Å². The topological polar surface area (TPSA) is 43.1 Å². The van der Waals surface area contributed by atoms with Crippen molar-refractivity contribution in [2.24, 2.45) is 0 Å². The molecular weight excluding hydrogens is 197 g/mol. The van der Waals surface area contributed by atoms with E-state index in [1.807, 2.05) is 0 Å². The summed E-state index contributed by atoms with van der Waals surface area (Å²) in [6, 6.07) is 3.72. The largest absolute Gasteiger partial charge is 0.259 e. The number of rotatable bonds is 2. The smallest absolute Gasteiger partial charge is 0.235 e. The summed E-state index contributed by atoms with van der Waals surface area (Å²) in [6.07, 6.45) is 1.90. The minimum absolute atomic E-state index is 0.211. The second-order valence-corrected chi connectivity index (χ2v) is 2.74. The van der Waals surface area contributed by atoms with Gasteiger partial charge in [0.15, 0.2) is 0 Å². The van der Waals surface area contributed by atoms with Crippen molar-refractivity contribution in [3.05, 3.63) is 50.9 Å². The Morgan fingerprint density at radius 1 is 1.46 bits per heavy atom. The molecule has 0 amide bonds. The first-order valence-corrected chi connectivity index (χ1v) is 3.73. The minimum atomic E-state index is -0.626. The highest BCUT2D eigenvalue weighted by atomic mass is 35.5. The van der Waals surface area contributed by atoms with Crippen LogP contribution < -0.4 is 0 Å². The normalized spacial score (nSPS) is 10.6. The Kier molecular flexibility index (Phi) is 2.97. The van der Waals surface area contributed by atoms with Crippen LogP contribution in [0, 0.1) is 15.9 Å². The fourth-order valence-electron chi connectivity index (χ4n) is 0.818.